The molecule has 0 aliphatic carbocycles. The molecule has 2 atom stereocenters. The second-order valence-electron chi connectivity index (χ2n) is 3.76. The fourth-order valence-electron chi connectivity index (χ4n) is 2.27. The molecule has 0 aromatic rings. The fourth-order valence-corrected chi connectivity index (χ4v) is 2.27. The summed E-state index contributed by atoms with van der Waals surface area (Å²) in [5.41, 5.74) is 0. The van der Waals surface area contributed by atoms with Crippen LogP contribution in [0.25, 0.3) is 0 Å². The molecule has 0 bridgehead atoms. The van der Waals surface area contributed by atoms with Crippen molar-refractivity contribution in [1.82, 2.24) is 4.90 Å². The van der Waals surface area contributed by atoms with Gasteiger partial charge in [0.25, 0.3) is 0 Å². The maximum Gasteiger partial charge on any atom is 0.223 e. The molecule has 0 aromatic heterocycles. The highest BCUT2D eigenvalue weighted by molar-refractivity contribution is 5.77. The molecule has 0 spiro atoms. The van der Waals surface area contributed by atoms with Gasteiger partial charge in [-0.05, 0) is 25.7 Å². The summed E-state index contributed by atoms with van der Waals surface area (Å²) < 4.78 is 0. The lowest BCUT2D eigenvalue weighted by molar-refractivity contribution is -0.144. The smallest absolute Gasteiger partial charge is 0.223 e. The molecular weight excluding hydrogens is 154 g/mol. The van der Waals surface area contributed by atoms with Crippen molar-refractivity contribution >= 4 is 5.91 Å². The average Bonchev–Trinajstić information content (AvgIpc) is 2.12. The first-order valence-corrected chi connectivity index (χ1v) is 4.76. The van der Waals surface area contributed by atoms with Gasteiger partial charge in [0.1, 0.15) is 0 Å². The summed E-state index contributed by atoms with van der Waals surface area (Å²) in [5, 5.41) is 9.63. The Hall–Kier alpha value is -0.570. The zero-order chi connectivity index (χ0) is 8.55. The van der Waals surface area contributed by atoms with E-state index in [2.05, 4.69) is 0 Å². The molecule has 0 saturated carbocycles. The first kappa shape index (κ1) is 8.05. The van der Waals surface area contributed by atoms with Crippen LogP contribution in [0.2, 0.25) is 0 Å². The van der Waals surface area contributed by atoms with Crippen LogP contribution in [0.1, 0.15) is 32.1 Å². The zero-order valence-electron chi connectivity index (χ0n) is 7.20. The summed E-state index contributed by atoms with van der Waals surface area (Å²) in [6, 6.07) is 0.139. The molecule has 68 valence electrons. The Morgan fingerprint density at radius 2 is 2.17 bits per heavy atom. The SMILES string of the molecule is O=C1CC[C@H](O)[C@H]2CCCCN12. The zero-order valence-corrected chi connectivity index (χ0v) is 7.20. The van der Waals surface area contributed by atoms with Crippen molar-refractivity contribution in [2.45, 2.75) is 44.2 Å². The Labute approximate surface area is 72.4 Å². The van der Waals surface area contributed by atoms with Gasteiger partial charge in [-0.25, -0.2) is 0 Å². The number of fused-ring (bicyclic) bond motifs is 1. The van der Waals surface area contributed by atoms with Gasteiger partial charge in [0, 0.05) is 13.0 Å². The first-order chi connectivity index (χ1) is 5.79. The first-order valence-electron chi connectivity index (χ1n) is 4.76. The minimum Gasteiger partial charge on any atom is -0.391 e. The van der Waals surface area contributed by atoms with Crippen LogP contribution in [0.4, 0.5) is 0 Å². The van der Waals surface area contributed by atoms with E-state index >= 15 is 0 Å². The van der Waals surface area contributed by atoms with Gasteiger partial charge in [0.2, 0.25) is 5.91 Å². The summed E-state index contributed by atoms with van der Waals surface area (Å²) in [6.07, 6.45) is 4.20. The van der Waals surface area contributed by atoms with Crippen molar-refractivity contribution in [3.63, 3.8) is 0 Å². The number of hydrogen-bond donors (Lipinski definition) is 1. The van der Waals surface area contributed by atoms with E-state index in [1.807, 2.05) is 4.90 Å². The lowest BCUT2D eigenvalue weighted by Crippen LogP contribution is -2.53. The molecule has 12 heavy (non-hydrogen) atoms. The van der Waals surface area contributed by atoms with Gasteiger partial charge in [0.15, 0.2) is 0 Å². The number of piperidine rings is 2. The van der Waals surface area contributed by atoms with Crippen LogP contribution in [-0.4, -0.2) is 34.6 Å². The van der Waals surface area contributed by atoms with Crippen molar-refractivity contribution in [2.24, 2.45) is 0 Å². The van der Waals surface area contributed by atoms with Crippen molar-refractivity contribution < 1.29 is 9.90 Å². The van der Waals surface area contributed by atoms with E-state index in [4.69, 9.17) is 0 Å². The Balaban J connectivity index is 2.11. The van der Waals surface area contributed by atoms with Crippen LogP contribution >= 0.6 is 0 Å². The molecule has 0 aromatic carbocycles. The molecule has 2 aliphatic rings. The van der Waals surface area contributed by atoms with Crippen molar-refractivity contribution in [3.8, 4) is 0 Å². The van der Waals surface area contributed by atoms with Gasteiger partial charge in [-0.3, -0.25) is 4.79 Å². The number of aliphatic hydroxyl groups excluding tert-OH is 1. The van der Waals surface area contributed by atoms with Crippen molar-refractivity contribution in [2.75, 3.05) is 6.54 Å². The van der Waals surface area contributed by atoms with Gasteiger partial charge >= 0.3 is 0 Å². The molecule has 0 radical (unpaired) electrons. The third-order valence-corrected chi connectivity index (χ3v) is 2.97. The molecule has 3 heteroatoms. The van der Waals surface area contributed by atoms with E-state index in [1.54, 1.807) is 0 Å². The number of carbonyl (C=O) groups excluding carboxylic acids is 1. The molecular formula is C9H15NO2. The third-order valence-electron chi connectivity index (χ3n) is 2.97. The van der Waals surface area contributed by atoms with Gasteiger partial charge < -0.3 is 10.0 Å². The minimum absolute atomic E-state index is 0.139. The lowest BCUT2D eigenvalue weighted by atomic mass is 9.90. The number of rotatable bonds is 0. The van der Waals surface area contributed by atoms with Crippen LogP contribution in [0, 0.1) is 0 Å². The average molecular weight is 169 g/mol. The Morgan fingerprint density at radius 1 is 1.33 bits per heavy atom. The molecule has 3 nitrogen and oxygen atoms in total. The van der Waals surface area contributed by atoms with E-state index in [1.165, 1.54) is 0 Å². The molecule has 1 N–H and O–H groups in total. The molecule has 2 heterocycles. The highest BCUT2D eigenvalue weighted by Gasteiger charge is 2.35. The van der Waals surface area contributed by atoms with Crippen molar-refractivity contribution in [1.29, 1.82) is 0 Å². The largest absolute Gasteiger partial charge is 0.391 e. The summed E-state index contributed by atoms with van der Waals surface area (Å²) in [4.78, 5) is 13.3. The van der Waals surface area contributed by atoms with E-state index in [-0.39, 0.29) is 18.1 Å². The molecule has 2 rings (SSSR count). The number of hydrogen-bond acceptors (Lipinski definition) is 2. The quantitative estimate of drug-likeness (QED) is 0.574. The van der Waals surface area contributed by atoms with Crippen LogP contribution in [-0.2, 0) is 4.79 Å². The third kappa shape index (κ3) is 1.22. The number of carbonyl (C=O) groups is 1. The Morgan fingerprint density at radius 3 is 2.92 bits per heavy atom. The van der Waals surface area contributed by atoms with Crippen molar-refractivity contribution in [3.05, 3.63) is 0 Å². The number of amides is 1. The standard InChI is InChI=1S/C9H15NO2/c11-8-4-5-9(12)10-6-2-1-3-7(8)10/h7-8,11H,1-6H2/t7-,8+/m1/s1. The highest BCUT2D eigenvalue weighted by atomic mass is 16.3. The van der Waals surface area contributed by atoms with Gasteiger partial charge in [0.05, 0.1) is 12.1 Å². The maximum absolute atomic E-state index is 11.4. The summed E-state index contributed by atoms with van der Waals surface area (Å²) in [5.74, 6) is 0.241. The van der Waals surface area contributed by atoms with Gasteiger partial charge in [-0.1, -0.05) is 0 Å². The molecule has 2 fully saturated rings. The molecule has 0 unspecified atom stereocenters. The fraction of sp³-hybridized carbons (Fsp3) is 0.889. The Kier molecular flexibility index (Phi) is 2.05. The normalized spacial score (nSPS) is 36.4. The van der Waals surface area contributed by atoms with Crippen LogP contribution < -0.4 is 0 Å². The summed E-state index contributed by atoms with van der Waals surface area (Å²) >= 11 is 0. The van der Waals surface area contributed by atoms with Crippen LogP contribution in [0.3, 0.4) is 0 Å². The van der Waals surface area contributed by atoms with E-state index in [9.17, 15) is 9.90 Å². The minimum atomic E-state index is -0.261. The second kappa shape index (κ2) is 3.05. The molecule has 2 saturated heterocycles. The molecule has 2 aliphatic heterocycles. The second-order valence-corrected chi connectivity index (χ2v) is 3.76. The lowest BCUT2D eigenvalue weighted by Gasteiger charge is -2.42. The maximum atomic E-state index is 11.4. The summed E-state index contributed by atoms with van der Waals surface area (Å²) in [6.45, 7) is 0.862. The number of nitrogens with zero attached hydrogens (tertiary/aromatic N) is 1. The predicted octanol–water partition coefficient (Wildman–Crippen LogP) is 0.522. The van der Waals surface area contributed by atoms with Gasteiger partial charge in [-0.2, -0.15) is 0 Å². The van der Waals surface area contributed by atoms with Crippen LogP contribution in [0.5, 0.6) is 0 Å². The summed E-state index contributed by atoms with van der Waals surface area (Å²) in [7, 11) is 0. The van der Waals surface area contributed by atoms with E-state index < -0.39 is 0 Å². The predicted molar refractivity (Wildman–Crippen MR) is 44.6 cm³/mol. The Bertz CT molecular complexity index is 193. The van der Waals surface area contributed by atoms with E-state index in [0.29, 0.717) is 12.8 Å². The van der Waals surface area contributed by atoms with Gasteiger partial charge in [-0.15, -0.1) is 0 Å². The van der Waals surface area contributed by atoms with Crippen LogP contribution in [0.15, 0.2) is 0 Å². The monoisotopic (exact) mass is 169 g/mol. The van der Waals surface area contributed by atoms with E-state index in [0.717, 1.165) is 25.8 Å². The number of aliphatic hydroxyl groups is 1. The highest BCUT2D eigenvalue weighted by Crippen LogP contribution is 2.26. The molecule has 1 amide bonds. The topological polar surface area (TPSA) is 40.5 Å².